The molecule has 132 valence electrons. The Morgan fingerprint density at radius 1 is 1.00 bits per heavy atom. The van der Waals surface area contributed by atoms with Crippen molar-refractivity contribution in [1.29, 1.82) is 0 Å². The summed E-state index contributed by atoms with van der Waals surface area (Å²) in [5, 5.41) is 8.88. The van der Waals surface area contributed by atoms with Crippen molar-refractivity contribution in [3.63, 3.8) is 0 Å². The second-order valence-corrected chi connectivity index (χ2v) is 5.94. The molecule has 25 heavy (non-hydrogen) atoms. The quantitative estimate of drug-likeness (QED) is 0.460. The highest BCUT2D eigenvalue weighted by Crippen LogP contribution is 2.18. The van der Waals surface area contributed by atoms with Crippen molar-refractivity contribution in [2.75, 3.05) is 6.61 Å². The van der Waals surface area contributed by atoms with Crippen molar-refractivity contribution in [3.05, 3.63) is 59.7 Å². The number of hydrogen-bond acceptors (Lipinski definition) is 3. The van der Waals surface area contributed by atoms with Crippen LogP contribution in [0.2, 0.25) is 0 Å². The fraction of sp³-hybridized carbons (Fsp3) is 0.333. The first kappa shape index (κ1) is 18.7. The molecule has 4 nitrogen and oxygen atoms in total. The van der Waals surface area contributed by atoms with E-state index in [0.29, 0.717) is 0 Å². The topological polar surface area (TPSA) is 58.9 Å². The molecule has 0 bridgehead atoms. The minimum Gasteiger partial charge on any atom is -0.494 e. The van der Waals surface area contributed by atoms with E-state index >= 15 is 0 Å². The summed E-state index contributed by atoms with van der Waals surface area (Å²) < 4.78 is 5.73. The van der Waals surface area contributed by atoms with Gasteiger partial charge < -0.3 is 9.84 Å². The number of carbonyl (C=O) groups is 1. The number of carboxylic acids is 1. The summed E-state index contributed by atoms with van der Waals surface area (Å²) in [6.07, 6.45) is 7.86. The van der Waals surface area contributed by atoms with Crippen LogP contribution in [-0.2, 0) is 0 Å². The molecule has 0 heterocycles. The largest absolute Gasteiger partial charge is 0.494 e. The van der Waals surface area contributed by atoms with Crippen LogP contribution in [0.3, 0.4) is 0 Å². The Bertz CT molecular complexity index is 675. The van der Waals surface area contributed by atoms with E-state index in [4.69, 9.17) is 9.84 Å². The van der Waals surface area contributed by atoms with Crippen LogP contribution in [-0.4, -0.2) is 23.9 Å². The lowest BCUT2D eigenvalue weighted by Crippen LogP contribution is -1.96. The van der Waals surface area contributed by atoms with Gasteiger partial charge in [-0.25, -0.2) is 4.79 Å². The maximum atomic E-state index is 10.8. The summed E-state index contributed by atoms with van der Waals surface area (Å²) >= 11 is 0. The van der Waals surface area contributed by atoms with Crippen molar-refractivity contribution in [2.24, 2.45) is 4.99 Å². The minimum atomic E-state index is -0.926. The number of unbranched alkanes of at least 4 members (excludes halogenated alkanes) is 4. The van der Waals surface area contributed by atoms with Gasteiger partial charge in [0.25, 0.3) is 0 Å². The third-order valence-corrected chi connectivity index (χ3v) is 3.87. The van der Waals surface area contributed by atoms with E-state index < -0.39 is 5.97 Å². The highest BCUT2D eigenvalue weighted by Gasteiger charge is 2.00. The third kappa shape index (κ3) is 6.79. The Hall–Kier alpha value is -2.62. The number of aromatic carboxylic acids is 1. The van der Waals surface area contributed by atoms with Crippen LogP contribution in [0.1, 0.15) is 54.9 Å². The molecule has 0 fully saturated rings. The number of rotatable bonds is 10. The fourth-order valence-corrected chi connectivity index (χ4v) is 2.38. The molecule has 0 aliphatic heterocycles. The lowest BCUT2D eigenvalue weighted by molar-refractivity contribution is 0.0697. The molecule has 0 amide bonds. The lowest BCUT2D eigenvalue weighted by Gasteiger charge is -2.06. The number of carboxylic acid groups (broad SMARTS) is 1. The molecular weight excluding hydrogens is 314 g/mol. The van der Waals surface area contributed by atoms with Crippen LogP contribution in [0.15, 0.2) is 53.5 Å². The molecule has 2 aromatic rings. The number of benzene rings is 2. The van der Waals surface area contributed by atoms with Crippen molar-refractivity contribution in [3.8, 4) is 5.75 Å². The molecule has 0 radical (unpaired) electrons. The zero-order valence-electron chi connectivity index (χ0n) is 14.6. The Morgan fingerprint density at radius 2 is 1.68 bits per heavy atom. The lowest BCUT2D eigenvalue weighted by atomic mass is 10.1. The molecule has 0 saturated heterocycles. The van der Waals surface area contributed by atoms with Crippen LogP contribution < -0.4 is 4.74 Å². The van der Waals surface area contributed by atoms with Gasteiger partial charge in [-0.2, -0.15) is 0 Å². The van der Waals surface area contributed by atoms with E-state index in [1.54, 1.807) is 30.5 Å². The van der Waals surface area contributed by atoms with E-state index in [1.165, 1.54) is 25.7 Å². The molecule has 0 spiro atoms. The highest BCUT2D eigenvalue weighted by atomic mass is 16.5. The van der Waals surface area contributed by atoms with E-state index in [1.807, 2.05) is 24.3 Å². The first-order valence-electron chi connectivity index (χ1n) is 8.79. The maximum Gasteiger partial charge on any atom is 0.335 e. The number of hydrogen-bond donors (Lipinski definition) is 1. The standard InChI is InChI=1S/C21H25NO3/c1-2-3-4-5-6-15-25-20-13-11-19(12-14-20)22-16-17-7-9-18(10-8-17)21(23)24/h7-14,16H,2-6,15H2,1H3,(H,23,24). The van der Waals surface area contributed by atoms with Crippen LogP contribution in [0, 0.1) is 0 Å². The van der Waals surface area contributed by atoms with Crippen molar-refractivity contribution < 1.29 is 14.6 Å². The minimum absolute atomic E-state index is 0.272. The maximum absolute atomic E-state index is 10.8. The SMILES string of the molecule is CCCCCCCOc1ccc(N=Cc2ccc(C(=O)O)cc2)cc1. The second kappa shape index (κ2) is 10.3. The van der Waals surface area contributed by atoms with Gasteiger partial charge >= 0.3 is 5.97 Å². The van der Waals surface area contributed by atoms with Gasteiger partial charge in [-0.05, 0) is 48.4 Å². The molecule has 1 N–H and O–H groups in total. The molecule has 0 unspecified atom stereocenters. The van der Waals surface area contributed by atoms with Gasteiger partial charge in [-0.3, -0.25) is 4.99 Å². The van der Waals surface area contributed by atoms with Crippen molar-refractivity contribution >= 4 is 17.9 Å². The average molecular weight is 339 g/mol. The average Bonchev–Trinajstić information content (AvgIpc) is 2.64. The number of ether oxygens (including phenoxy) is 1. The van der Waals surface area contributed by atoms with Crippen LogP contribution in [0.5, 0.6) is 5.75 Å². The number of aliphatic imine (C=N–C) groups is 1. The molecular formula is C21H25NO3. The molecule has 0 aliphatic rings. The van der Waals surface area contributed by atoms with Gasteiger partial charge in [0.2, 0.25) is 0 Å². The fourth-order valence-electron chi connectivity index (χ4n) is 2.38. The summed E-state index contributed by atoms with van der Waals surface area (Å²) in [6.45, 7) is 2.97. The van der Waals surface area contributed by atoms with E-state index in [0.717, 1.165) is 30.0 Å². The normalized spacial score (nSPS) is 10.9. The monoisotopic (exact) mass is 339 g/mol. The van der Waals surface area contributed by atoms with Crippen LogP contribution in [0.4, 0.5) is 5.69 Å². The Balaban J connectivity index is 1.80. The summed E-state index contributed by atoms with van der Waals surface area (Å²) in [6, 6.07) is 14.3. The Labute approximate surface area is 149 Å². The van der Waals surface area contributed by atoms with Crippen LogP contribution >= 0.6 is 0 Å². The second-order valence-electron chi connectivity index (χ2n) is 5.94. The van der Waals surface area contributed by atoms with Gasteiger partial charge in [0, 0.05) is 6.21 Å². The number of nitrogens with zero attached hydrogens (tertiary/aromatic N) is 1. The summed E-state index contributed by atoms with van der Waals surface area (Å²) in [4.78, 5) is 15.2. The van der Waals surface area contributed by atoms with Gasteiger partial charge in [-0.15, -0.1) is 0 Å². The van der Waals surface area contributed by atoms with Gasteiger partial charge in [0.1, 0.15) is 5.75 Å². The first-order chi connectivity index (χ1) is 12.2. The third-order valence-electron chi connectivity index (χ3n) is 3.87. The molecule has 2 aromatic carbocycles. The highest BCUT2D eigenvalue weighted by molar-refractivity contribution is 5.89. The zero-order chi connectivity index (χ0) is 17.9. The Morgan fingerprint density at radius 3 is 2.32 bits per heavy atom. The molecule has 0 saturated carbocycles. The van der Waals surface area contributed by atoms with E-state index in [-0.39, 0.29) is 5.56 Å². The predicted octanol–water partition coefficient (Wildman–Crippen LogP) is 5.48. The molecule has 4 heteroatoms. The Kier molecular flexibility index (Phi) is 7.70. The van der Waals surface area contributed by atoms with Gasteiger partial charge in [0.05, 0.1) is 17.9 Å². The first-order valence-corrected chi connectivity index (χ1v) is 8.79. The summed E-state index contributed by atoms with van der Waals surface area (Å²) in [7, 11) is 0. The summed E-state index contributed by atoms with van der Waals surface area (Å²) in [5.74, 6) is -0.0651. The molecule has 0 aliphatic carbocycles. The predicted molar refractivity (Wildman–Crippen MR) is 101 cm³/mol. The smallest absolute Gasteiger partial charge is 0.335 e. The van der Waals surface area contributed by atoms with Crippen molar-refractivity contribution in [1.82, 2.24) is 0 Å². The van der Waals surface area contributed by atoms with E-state index in [9.17, 15) is 4.79 Å². The zero-order valence-corrected chi connectivity index (χ0v) is 14.6. The van der Waals surface area contributed by atoms with Gasteiger partial charge in [-0.1, -0.05) is 44.7 Å². The van der Waals surface area contributed by atoms with Gasteiger partial charge in [0.15, 0.2) is 0 Å². The van der Waals surface area contributed by atoms with Crippen LogP contribution in [0.25, 0.3) is 0 Å². The molecule has 0 atom stereocenters. The molecule has 0 aromatic heterocycles. The van der Waals surface area contributed by atoms with Crippen molar-refractivity contribution in [2.45, 2.75) is 39.0 Å². The molecule has 2 rings (SSSR count). The van der Waals surface area contributed by atoms with E-state index in [2.05, 4.69) is 11.9 Å². The summed E-state index contributed by atoms with van der Waals surface area (Å²) in [5.41, 5.74) is 1.96.